The van der Waals surface area contributed by atoms with E-state index in [1.54, 1.807) is 18.2 Å². The molecule has 9 heteroatoms. The van der Waals surface area contributed by atoms with Gasteiger partial charge in [0.15, 0.2) is 0 Å². The SMILES string of the molecule is CCCN(CCC)S(=O)(=O)c1ccc(NC(=O)/C=C/c2ccccc2[N+](=O)[O-])cc1. The minimum Gasteiger partial charge on any atom is -0.323 e. The molecule has 2 aromatic carbocycles. The Morgan fingerprint density at radius 1 is 1.07 bits per heavy atom. The predicted molar refractivity (Wildman–Crippen MR) is 117 cm³/mol. The predicted octanol–water partition coefficient (Wildman–Crippen LogP) is 4.06. The number of nitro benzene ring substituents is 1. The quantitative estimate of drug-likeness (QED) is 0.347. The van der Waals surface area contributed by atoms with Crippen LogP contribution in [0.2, 0.25) is 0 Å². The number of hydrogen-bond donors (Lipinski definition) is 1. The van der Waals surface area contributed by atoms with Gasteiger partial charge in [-0.25, -0.2) is 8.42 Å². The normalized spacial score (nSPS) is 11.7. The molecule has 0 radical (unpaired) electrons. The van der Waals surface area contributed by atoms with Crippen LogP contribution in [-0.2, 0) is 14.8 Å². The monoisotopic (exact) mass is 431 g/mol. The average molecular weight is 432 g/mol. The topological polar surface area (TPSA) is 110 Å². The number of amides is 1. The minimum atomic E-state index is -3.59. The maximum absolute atomic E-state index is 12.8. The molecule has 0 aliphatic carbocycles. The van der Waals surface area contributed by atoms with E-state index in [4.69, 9.17) is 0 Å². The number of carbonyl (C=O) groups excluding carboxylic acids is 1. The first kappa shape index (κ1) is 23.2. The second-order valence-electron chi connectivity index (χ2n) is 6.57. The number of rotatable bonds is 10. The van der Waals surface area contributed by atoms with Crippen molar-refractivity contribution in [3.05, 3.63) is 70.3 Å². The van der Waals surface area contributed by atoms with E-state index in [9.17, 15) is 23.3 Å². The van der Waals surface area contributed by atoms with Gasteiger partial charge in [-0.3, -0.25) is 14.9 Å². The van der Waals surface area contributed by atoms with E-state index in [0.717, 1.165) is 12.8 Å². The van der Waals surface area contributed by atoms with Crippen molar-refractivity contribution in [3.8, 4) is 0 Å². The van der Waals surface area contributed by atoms with Crippen LogP contribution in [0.15, 0.2) is 59.5 Å². The van der Waals surface area contributed by atoms with Crippen molar-refractivity contribution in [2.75, 3.05) is 18.4 Å². The molecule has 160 valence electrons. The number of nitrogens with one attached hydrogen (secondary N) is 1. The third kappa shape index (κ3) is 5.98. The smallest absolute Gasteiger partial charge is 0.276 e. The van der Waals surface area contributed by atoms with Crippen LogP contribution in [0.1, 0.15) is 32.3 Å². The van der Waals surface area contributed by atoms with Crippen molar-refractivity contribution < 1.29 is 18.1 Å². The summed E-state index contributed by atoms with van der Waals surface area (Å²) in [6.07, 6.45) is 4.00. The molecule has 2 aromatic rings. The summed E-state index contributed by atoms with van der Waals surface area (Å²) in [6.45, 7) is 4.75. The minimum absolute atomic E-state index is 0.0974. The summed E-state index contributed by atoms with van der Waals surface area (Å²) in [5.74, 6) is -0.484. The molecule has 2 rings (SSSR count). The van der Waals surface area contributed by atoms with E-state index in [0.29, 0.717) is 24.3 Å². The highest BCUT2D eigenvalue weighted by Gasteiger charge is 2.22. The molecule has 0 saturated carbocycles. The van der Waals surface area contributed by atoms with E-state index in [1.165, 1.54) is 46.8 Å². The molecule has 0 atom stereocenters. The van der Waals surface area contributed by atoms with Crippen molar-refractivity contribution in [2.45, 2.75) is 31.6 Å². The van der Waals surface area contributed by atoms with Gasteiger partial charge in [-0.2, -0.15) is 4.31 Å². The van der Waals surface area contributed by atoms with Crippen molar-refractivity contribution in [3.63, 3.8) is 0 Å². The molecule has 0 aliphatic heterocycles. The van der Waals surface area contributed by atoms with Crippen LogP contribution in [0.5, 0.6) is 0 Å². The molecule has 1 N–H and O–H groups in total. The summed E-state index contributed by atoms with van der Waals surface area (Å²) in [5.41, 5.74) is 0.634. The fraction of sp³-hybridized carbons (Fsp3) is 0.286. The van der Waals surface area contributed by atoms with Gasteiger partial charge >= 0.3 is 0 Å². The molecule has 0 aromatic heterocycles. The highest BCUT2D eigenvalue weighted by molar-refractivity contribution is 7.89. The Balaban J connectivity index is 2.10. The Hall–Kier alpha value is -3.04. The van der Waals surface area contributed by atoms with Crippen LogP contribution < -0.4 is 5.32 Å². The van der Waals surface area contributed by atoms with Crippen LogP contribution >= 0.6 is 0 Å². The summed E-state index contributed by atoms with van der Waals surface area (Å²) in [4.78, 5) is 22.8. The third-order valence-electron chi connectivity index (χ3n) is 4.25. The van der Waals surface area contributed by atoms with E-state index in [-0.39, 0.29) is 10.6 Å². The lowest BCUT2D eigenvalue weighted by Crippen LogP contribution is -2.32. The van der Waals surface area contributed by atoms with Gasteiger partial charge in [-0.15, -0.1) is 0 Å². The number of hydrogen-bond acceptors (Lipinski definition) is 5. The molecule has 0 aliphatic rings. The fourth-order valence-electron chi connectivity index (χ4n) is 2.85. The zero-order valence-electron chi connectivity index (χ0n) is 16.9. The second-order valence-corrected chi connectivity index (χ2v) is 8.50. The van der Waals surface area contributed by atoms with Crippen molar-refractivity contribution in [1.29, 1.82) is 0 Å². The van der Waals surface area contributed by atoms with Crippen molar-refractivity contribution in [1.82, 2.24) is 4.31 Å². The highest BCUT2D eigenvalue weighted by Crippen LogP contribution is 2.20. The summed E-state index contributed by atoms with van der Waals surface area (Å²) in [6, 6.07) is 12.0. The number of sulfonamides is 1. The number of para-hydroxylation sites is 1. The Labute approximate surface area is 176 Å². The Morgan fingerprint density at radius 2 is 1.67 bits per heavy atom. The Bertz CT molecular complexity index is 1010. The van der Waals surface area contributed by atoms with Gasteiger partial charge in [0, 0.05) is 30.9 Å². The Kier molecular flexibility index (Phi) is 8.25. The average Bonchev–Trinajstić information content (AvgIpc) is 2.72. The maximum atomic E-state index is 12.8. The van der Waals surface area contributed by atoms with E-state index in [2.05, 4.69) is 5.32 Å². The number of benzene rings is 2. The maximum Gasteiger partial charge on any atom is 0.276 e. The van der Waals surface area contributed by atoms with Gasteiger partial charge < -0.3 is 5.32 Å². The third-order valence-corrected chi connectivity index (χ3v) is 6.17. The standard InChI is InChI=1S/C21H25N3O5S/c1-3-15-23(16-4-2)30(28,29)19-12-10-18(11-13-19)22-21(25)14-9-17-7-5-6-8-20(17)24(26)27/h5-14H,3-4,15-16H2,1-2H3,(H,22,25)/b14-9+. The molecule has 0 spiro atoms. The molecule has 0 heterocycles. The molecular weight excluding hydrogens is 406 g/mol. The summed E-state index contributed by atoms with van der Waals surface area (Å²) in [5, 5.41) is 13.6. The van der Waals surface area contributed by atoms with Crippen molar-refractivity contribution in [2.24, 2.45) is 0 Å². The van der Waals surface area contributed by atoms with E-state index >= 15 is 0 Å². The van der Waals surface area contributed by atoms with Crippen LogP contribution in [0.25, 0.3) is 6.08 Å². The van der Waals surface area contributed by atoms with Crippen molar-refractivity contribution >= 4 is 33.4 Å². The molecule has 0 saturated heterocycles. The lowest BCUT2D eigenvalue weighted by molar-refractivity contribution is -0.385. The first-order valence-corrected chi connectivity index (χ1v) is 11.1. The van der Waals surface area contributed by atoms with Crippen LogP contribution in [-0.4, -0.2) is 36.6 Å². The van der Waals surface area contributed by atoms with Crippen LogP contribution in [0.4, 0.5) is 11.4 Å². The number of carbonyl (C=O) groups is 1. The molecule has 30 heavy (non-hydrogen) atoms. The Morgan fingerprint density at radius 3 is 2.23 bits per heavy atom. The van der Waals surface area contributed by atoms with Crippen LogP contribution in [0, 0.1) is 10.1 Å². The largest absolute Gasteiger partial charge is 0.323 e. The van der Waals surface area contributed by atoms with Gasteiger partial charge in [0.25, 0.3) is 5.69 Å². The molecule has 0 unspecified atom stereocenters. The molecule has 1 amide bonds. The van der Waals surface area contributed by atoms with Gasteiger partial charge in [-0.1, -0.05) is 26.0 Å². The number of nitrogens with zero attached hydrogens (tertiary/aromatic N) is 2. The fourth-order valence-corrected chi connectivity index (χ4v) is 4.48. The summed E-state index contributed by atoms with van der Waals surface area (Å²) < 4.78 is 27.0. The van der Waals surface area contributed by atoms with Gasteiger partial charge in [0.05, 0.1) is 15.4 Å². The van der Waals surface area contributed by atoms with Gasteiger partial charge in [-0.05, 0) is 49.2 Å². The summed E-state index contributed by atoms with van der Waals surface area (Å²) >= 11 is 0. The first-order chi connectivity index (χ1) is 14.3. The van der Waals surface area contributed by atoms with Gasteiger partial charge in [0.2, 0.25) is 15.9 Å². The van der Waals surface area contributed by atoms with E-state index < -0.39 is 20.9 Å². The van der Waals surface area contributed by atoms with E-state index in [1.807, 2.05) is 13.8 Å². The second kappa shape index (κ2) is 10.7. The summed E-state index contributed by atoms with van der Waals surface area (Å²) in [7, 11) is -3.59. The number of anilines is 1. The van der Waals surface area contributed by atoms with Gasteiger partial charge in [0.1, 0.15) is 0 Å². The molecule has 8 nitrogen and oxygen atoms in total. The number of nitro groups is 1. The zero-order chi connectivity index (χ0) is 22.1. The first-order valence-electron chi connectivity index (χ1n) is 9.62. The molecule has 0 fully saturated rings. The highest BCUT2D eigenvalue weighted by atomic mass is 32.2. The molecular formula is C21H25N3O5S. The van der Waals surface area contributed by atoms with Crippen LogP contribution in [0.3, 0.4) is 0 Å². The molecule has 0 bridgehead atoms. The lowest BCUT2D eigenvalue weighted by Gasteiger charge is -2.21. The lowest BCUT2D eigenvalue weighted by atomic mass is 10.1. The zero-order valence-corrected chi connectivity index (χ0v) is 17.8.